The number of rotatable bonds is 4. The van der Waals surface area contributed by atoms with Crippen molar-refractivity contribution in [1.29, 1.82) is 0 Å². The summed E-state index contributed by atoms with van der Waals surface area (Å²) in [6.45, 7) is 7.85. The topological polar surface area (TPSA) is 67.6 Å². The summed E-state index contributed by atoms with van der Waals surface area (Å²) in [6, 6.07) is 10.7. The van der Waals surface area contributed by atoms with Crippen molar-refractivity contribution in [2.45, 2.75) is 51.4 Å². The molecule has 2 atom stereocenters. The van der Waals surface area contributed by atoms with Gasteiger partial charge in [0.15, 0.2) is 0 Å². The number of hydrogen-bond acceptors (Lipinski definition) is 4. The van der Waals surface area contributed by atoms with Crippen molar-refractivity contribution in [2.24, 2.45) is 5.73 Å². The number of alkyl carbamates (subject to hydrolysis) is 1. The van der Waals surface area contributed by atoms with Crippen LogP contribution < -0.4 is 11.1 Å². The summed E-state index contributed by atoms with van der Waals surface area (Å²) in [5.41, 5.74) is 6.68. The van der Waals surface area contributed by atoms with Gasteiger partial charge in [-0.25, -0.2) is 4.79 Å². The fraction of sp³-hybridized carbons (Fsp3) is 0.588. The average Bonchev–Trinajstić information content (AvgIpc) is 2.79. The van der Waals surface area contributed by atoms with Crippen LogP contribution in [-0.2, 0) is 11.3 Å². The number of carbonyl (C=O) groups excluding carboxylic acids is 1. The summed E-state index contributed by atoms with van der Waals surface area (Å²) in [6.07, 6.45) is 0.512. The first-order valence-electron chi connectivity index (χ1n) is 7.85. The molecule has 1 fully saturated rings. The molecule has 0 aliphatic carbocycles. The second kappa shape index (κ2) is 7.11. The Morgan fingerprint density at radius 2 is 2.05 bits per heavy atom. The van der Waals surface area contributed by atoms with Crippen LogP contribution in [0.4, 0.5) is 4.79 Å². The average molecular weight is 305 g/mol. The molecule has 2 rings (SSSR count). The fourth-order valence-corrected chi connectivity index (χ4v) is 2.82. The Morgan fingerprint density at radius 1 is 1.36 bits per heavy atom. The maximum Gasteiger partial charge on any atom is 0.407 e. The van der Waals surface area contributed by atoms with Gasteiger partial charge in [-0.2, -0.15) is 0 Å². The van der Waals surface area contributed by atoms with E-state index in [1.165, 1.54) is 5.56 Å². The lowest BCUT2D eigenvalue weighted by Crippen LogP contribution is -2.40. The van der Waals surface area contributed by atoms with Gasteiger partial charge in [0, 0.05) is 31.7 Å². The molecule has 1 heterocycles. The van der Waals surface area contributed by atoms with Gasteiger partial charge in [-0.15, -0.1) is 0 Å². The molecule has 1 saturated heterocycles. The number of benzene rings is 1. The molecule has 3 N–H and O–H groups in total. The van der Waals surface area contributed by atoms with Crippen molar-refractivity contribution in [3.63, 3.8) is 0 Å². The molecule has 1 aliphatic heterocycles. The Balaban J connectivity index is 1.90. The molecule has 1 aliphatic rings. The van der Waals surface area contributed by atoms with E-state index in [1.54, 1.807) is 0 Å². The van der Waals surface area contributed by atoms with Crippen LogP contribution in [0.25, 0.3) is 0 Å². The summed E-state index contributed by atoms with van der Waals surface area (Å²) in [4.78, 5) is 14.2. The van der Waals surface area contributed by atoms with E-state index in [1.807, 2.05) is 39.0 Å². The number of likely N-dealkylation sites (tertiary alicyclic amines) is 1. The highest BCUT2D eigenvalue weighted by Crippen LogP contribution is 2.20. The standard InChI is InChI=1S/C17H27N3O2/c1-17(2,3)22-16(21)19-14-9-15(10-18)20(12-14)11-13-7-5-4-6-8-13/h4-8,14-15H,9-12,18H2,1-3H3,(H,19,21)/t14-,15-/m0/s1. The number of carbonyl (C=O) groups is 1. The van der Waals surface area contributed by atoms with Crippen LogP contribution in [0.1, 0.15) is 32.8 Å². The van der Waals surface area contributed by atoms with Crippen molar-refractivity contribution in [3.8, 4) is 0 Å². The third-order valence-corrected chi connectivity index (χ3v) is 3.75. The minimum absolute atomic E-state index is 0.0899. The van der Waals surface area contributed by atoms with Crippen molar-refractivity contribution in [3.05, 3.63) is 35.9 Å². The summed E-state index contributed by atoms with van der Waals surface area (Å²) in [5, 5.41) is 2.96. The van der Waals surface area contributed by atoms with Crippen LogP contribution in [0.3, 0.4) is 0 Å². The van der Waals surface area contributed by atoms with E-state index < -0.39 is 5.60 Å². The maximum atomic E-state index is 11.9. The van der Waals surface area contributed by atoms with Gasteiger partial charge >= 0.3 is 6.09 Å². The molecule has 5 nitrogen and oxygen atoms in total. The third-order valence-electron chi connectivity index (χ3n) is 3.75. The second-order valence-electron chi connectivity index (χ2n) is 6.88. The van der Waals surface area contributed by atoms with Gasteiger partial charge in [-0.3, -0.25) is 4.90 Å². The highest BCUT2D eigenvalue weighted by molar-refractivity contribution is 5.68. The Kier molecular flexibility index (Phi) is 5.42. The number of ether oxygens (including phenoxy) is 1. The largest absolute Gasteiger partial charge is 0.444 e. The van der Waals surface area contributed by atoms with Gasteiger partial charge in [-0.05, 0) is 32.8 Å². The monoisotopic (exact) mass is 305 g/mol. The molecule has 122 valence electrons. The highest BCUT2D eigenvalue weighted by Gasteiger charge is 2.32. The van der Waals surface area contributed by atoms with Gasteiger partial charge in [0.2, 0.25) is 0 Å². The lowest BCUT2D eigenvalue weighted by molar-refractivity contribution is 0.0506. The van der Waals surface area contributed by atoms with Crippen LogP contribution in [0, 0.1) is 0 Å². The molecule has 0 saturated carbocycles. The number of nitrogens with two attached hydrogens (primary N) is 1. The number of amides is 1. The zero-order chi connectivity index (χ0) is 16.2. The van der Waals surface area contributed by atoms with Crippen LogP contribution in [-0.4, -0.2) is 41.8 Å². The quantitative estimate of drug-likeness (QED) is 0.894. The highest BCUT2D eigenvalue weighted by atomic mass is 16.6. The molecule has 0 spiro atoms. The molecule has 1 aromatic rings. The van der Waals surface area contributed by atoms with E-state index in [0.717, 1.165) is 19.5 Å². The Bertz CT molecular complexity index is 484. The lowest BCUT2D eigenvalue weighted by atomic mass is 10.1. The molecule has 0 bridgehead atoms. The van der Waals surface area contributed by atoms with E-state index in [2.05, 4.69) is 22.3 Å². The van der Waals surface area contributed by atoms with E-state index in [4.69, 9.17) is 10.5 Å². The summed E-state index contributed by atoms with van der Waals surface area (Å²) in [7, 11) is 0. The minimum atomic E-state index is -0.473. The fourth-order valence-electron chi connectivity index (χ4n) is 2.82. The molecule has 5 heteroatoms. The predicted molar refractivity (Wildman–Crippen MR) is 87.5 cm³/mol. The smallest absolute Gasteiger partial charge is 0.407 e. The van der Waals surface area contributed by atoms with Gasteiger partial charge in [0.05, 0.1) is 0 Å². The van der Waals surface area contributed by atoms with Crippen LogP contribution in [0.15, 0.2) is 30.3 Å². The van der Waals surface area contributed by atoms with Gasteiger partial charge in [-0.1, -0.05) is 30.3 Å². The zero-order valence-corrected chi connectivity index (χ0v) is 13.7. The molecule has 0 aromatic heterocycles. The molecule has 22 heavy (non-hydrogen) atoms. The van der Waals surface area contributed by atoms with Crippen molar-refractivity contribution >= 4 is 6.09 Å². The number of nitrogens with one attached hydrogen (secondary N) is 1. The summed E-state index contributed by atoms with van der Waals surface area (Å²) in [5.74, 6) is 0. The van der Waals surface area contributed by atoms with Crippen LogP contribution in [0.2, 0.25) is 0 Å². The van der Waals surface area contributed by atoms with E-state index in [0.29, 0.717) is 12.6 Å². The minimum Gasteiger partial charge on any atom is -0.444 e. The Labute approximate surface area is 132 Å². The Morgan fingerprint density at radius 3 is 2.64 bits per heavy atom. The van der Waals surface area contributed by atoms with E-state index >= 15 is 0 Å². The molecule has 0 radical (unpaired) electrons. The van der Waals surface area contributed by atoms with Gasteiger partial charge in [0.25, 0.3) is 0 Å². The van der Waals surface area contributed by atoms with Gasteiger partial charge < -0.3 is 15.8 Å². The maximum absolute atomic E-state index is 11.9. The third kappa shape index (κ3) is 5.00. The van der Waals surface area contributed by atoms with E-state index in [-0.39, 0.29) is 12.1 Å². The summed E-state index contributed by atoms with van der Waals surface area (Å²) < 4.78 is 5.32. The first kappa shape index (κ1) is 16.8. The number of hydrogen-bond donors (Lipinski definition) is 2. The normalized spacial score (nSPS) is 22.5. The molecule has 1 aromatic carbocycles. The van der Waals surface area contributed by atoms with Crippen molar-refractivity contribution in [2.75, 3.05) is 13.1 Å². The number of nitrogens with zero attached hydrogens (tertiary/aromatic N) is 1. The molecule has 0 unspecified atom stereocenters. The Hall–Kier alpha value is -1.59. The van der Waals surface area contributed by atoms with Gasteiger partial charge in [0.1, 0.15) is 5.60 Å². The summed E-state index contributed by atoms with van der Waals surface area (Å²) >= 11 is 0. The van der Waals surface area contributed by atoms with Crippen molar-refractivity contribution < 1.29 is 9.53 Å². The predicted octanol–water partition coefficient (Wildman–Crippen LogP) is 2.11. The second-order valence-corrected chi connectivity index (χ2v) is 6.88. The molecule has 1 amide bonds. The van der Waals surface area contributed by atoms with Crippen LogP contribution in [0.5, 0.6) is 0 Å². The zero-order valence-electron chi connectivity index (χ0n) is 13.7. The van der Waals surface area contributed by atoms with Crippen molar-refractivity contribution in [1.82, 2.24) is 10.2 Å². The first-order valence-corrected chi connectivity index (χ1v) is 7.85. The molecular weight excluding hydrogens is 278 g/mol. The SMILES string of the molecule is CC(C)(C)OC(=O)N[C@H]1C[C@@H](CN)N(Cc2ccccc2)C1. The van der Waals surface area contributed by atoms with E-state index in [9.17, 15) is 4.79 Å². The first-order chi connectivity index (χ1) is 10.4. The van der Waals surface area contributed by atoms with Crippen LogP contribution >= 0.6 is 0 Å². The molecular formula is C17H27N3O2. The lowest BCUT2D eigenvalue weighted by Gasteiger charge is -2.23.